The minimum absolute atomic E-state index is 0.0481. The summed E-state index contributed by atoms with van der Waals surface area (Å²) in [7, 11) is 0. The molecule has 3 saturated heterocycles. The predicted octanol–water partition coefficient (Wildman–Crippen LogP) is 0.265. The molecule has 1 aromatic carbocycles. The third-order valence-corrected chi connectivity index (χ3v) is 3.58. The molecule has 0 spiro atoms. The zero-order valence-corrected chi connectivity index (χ0v) is 9.73. The molecule has 3 N–H and O–H groups in total. The lowest BCUT2D eigenvalue weighted by Gasteiger charge is -2.47. The number of anilines is 1. The molecule has 0 saturated carbocycles. The normalized spacial score (nSPS) is 26.9. The van der Waals surface area contributed by atoms with Crippen LogP contribution < -0.4 is 16.0 Å². The SMILES string of the molecule is NCCc1cccc(N2CC3CC(N3)C2=O)c1. The van der Waals surface area contributed by atoms with Gasteiger partial charge in [-0.1, -0.05) is 12.1 Å². The van der Waals surface area contributed by atoms with E-state index in [1.54, 1.807) is 0 Å². The highest BCUT2D eigenvalue weighted by Crippen LogP contribution is 2.27. The number of piperazine rings is 1. The van der Waals surface area contributed by atoms with Crippen molar-refractivity contribution in [2.24, 2.45) is 5.73 Å². The van der Waals surface area contributed by atoms with Crippen LogP contribution >= 0.6 is 0 Å². The van der Waals surface area contributed by atoms with E-state index in [1.165, 1.54) is 5.56 Å². The largest absolute Gasteiger partial charge is 0.330 e. The van der Waals surface area contributed by atoms with Crippen LogP contribution in [0.2, 0.25) is 0 Å². The Labute approximate surface area is 101 Å². The lowest BCUT2D eigenvalue weighted by molar-refractivity contribution is -0.125. The maximum Gasteiger partial charge on any atom is 0.244 e. The topological polar surface area (TPSA) is 58.4 Å². The quantitative estimate of drug-likeness (QED) is 0.785. The summed E-state index contributed by atoms with van der Waals surface area (Å²) in [6.45, 7) is 1.44. The minimum Gasteiger partial charge on any atom is -0.330 e. The highest BCUT2D eigenvalue weighted by molar-refractivity contribution is 5.99. The van der Waals surface area contributed by atoms with Gasteiger partial charge < -0.3 is 16.0 Å². The number of piperidine rings is 1. The Morgan fingerprint density at radius 3 is 3.00 bits per heavy atom. The van der Waals surface area contributed by atoms with Gasteiger partial charge in [-0.25, -0.2) is 0 Å². The molecule has 3 heterocycles. The smallest absolute Gasteiger partial charge is 0.244 e. The van der Waals surface area contributed by atoms with E-state index < -0.39 is 0 Å². The molecule has 2 unspecified atom stereocenters. The summed E-state index contributed by atoms with van der Waals surface area (Å²) in [5, 5.41) is 3.26. The van der Waals surface area contributed by atoms with Crippen LogP contribution in [-0.4, -0.2) is 31.1 Å². The van der Waals surface area contributed by atoms with Crippen LogP contribution in [-0.2, 0) is 11.2 Å². The summed E-state index contributed by atoms with van der Waals surface area (Å²) >= 11 is 0. The van der Waals surface area contributed by atoms with Gasteiger partial charge >= 0.3 is 0 Å². The maximum absolute atomic E-state index is 12.1. The molecule has 3 fully saturated rings. The zero-order chi connectivity index (χ0) is 11.8. The van der Waals surface area contributed by atoms with Crippen LogP contribution in [0.25, 0.3) is 0 Å². The summed E-state index contributed by atoms with van der Waals surface area (Å²) in [6, 6.07) is 8.67. The second-order valence-corrected chi connectivity index (χ2v) is 4.81. The van der Waals surface area contributed by atoms with Gasteiger partial charge in [-0.05, 0) is 37.1 Å². The Morgan fingerprint density at radius 1 is 1.47 bits per heavy atom. The molecule has 4 rings (SSSR count). The van der Waals surface area contributed by atoms with Gasteiger partial charge in [0.25, 0.3) is 0 Å². The number of amides is 1. The third-order valence-electron chi connectivity index (χ3n) is 3.58. The Balaban J connectivity index is 1.83. The van der Waals surface area contributed by atoms with Gasteiger partial charge in [0, 0.05) is 18.3 Å². The molecule has 17 heavy (non-hydrogen) atoms. The molecule has 1 amide bonds. The number of nitrogens with one attached hydrogen (secondary N) is 1. The van der Waals surface area contributed by atoms with Gasteiger partial charge in [0.1, 0.15) is 0 Å². The number of nitrogens with zero attached hydrogens (tertiary/aromatic N) is 1. The third kappa shape index (κ3) is 1.83. The fourth-order valence-corrected chi connectivity index (χ4v) is 2.62. The van der Waals surface area contributed by atoms with Gasteiger partial charge in [0.2, 0.25) is 5.91 Å². The van der Waals surface area contributed by atoms with Crippen LogP contribution in [0.4, 0.5) is 5.69 Å². The number of fused-ring (bicyclic) bond motifs is 2. The van der Waals surface area contributed by atoms with Crippen molar-refractivity contribution in [2.75, 3.05) is 18.0 Å². The van der Waals surface area contributed by atoms with Crippen molar-refractivity contribution in [1.82, 2.24) is 5.32 Å². The van der Waals surface area contributed by atoms with Crippen LogP contribution in [0.5, 0.6) is 0 Å². The van der Waals surface area contributed by atoms with Crippen molar-refractivity contribution in [3.8, 4) is 0 Å². The number of hydrogen-bond acceptors (Lipinski definition) is 3. The number of carbonyl (C=O) groups excluding carboxylic acids is 1. The van der Waals surface area contributed by atoms with Gasteiger partial charge in [-0.3, -0.25) is 4.79 Å². The number of hydrogen-bond donors (Lipinski definition) is 2. The standard InChI is InChI=1S/C13H17N3O/c14-5-4-9-2-1-3-11(6-9)16-8-10-7-12(15-10)13(16)17/h1-3,6,10,12,15H,4-5,7-8,14H2. The number of benzene rings is 1. The Bertz CT molecular complexity index is 440. The number of nitrogens with two attached hydrogens (primary N) is 1. The highest BCUT2D eigenvalue weighted by Gasteiger charge is 2.43. The van der Waals surface area contributed by atoms with E-state index in [0.29, 0.717) is 12.6 Å². The molecule has 0 aromatic heterocycles. The molecule has 3 aliphatic rings. The monoisotopic (exact) mass is 231 g/mol. The first kappa shape index (κ1) is 10.7. The van der Waals surface area contributed by atoms with Crippen molar-refractivity contribution in [1.29, 1.82) is 0 Å². The Hall–Kier alpha value is -1.39. The minimum atomic E-state index is 0.0481. The van der Waals surface area contributed by atoms with E-state index >= 15 is 0 Å². The van der Waals surface area contributed by atoms with Crippen LogP contribution in [0.15, 0.2) is 24.3 Å². The molecule has 2 bridgehead atoms. The number of carbonyl (C=O) groups is 1. The summed E-state index contributed by atoms with van der Waals surface area (Å²) in [5.74, 6) is 0.206. The van der Waals surface area contributed by atoms with E-state index in [9.17, 15) is 4.79 Å². The van der Waals surface area contributed by atoms with Crippen molar-refractivity contribution >= 4 is 11.6 Å². The molecule has 4 heteroatoms. The fraction of sp³-hybridized carbons (Fsp3) is 0.462. The highest BCUT2D eigenvalue weighted by atomic mass is 16.2. The van der Waals surface area contributed by atoms with E-state index in [-0.39, 0.29) is 11.9 Å². The summed E-state index contributed by atoms with van der Waals surface area (Å²) < 4.78 is 0. The van der Waals surface area contributed by atoms with E-state index in [0.717, 1.165) is 25.1 Å². The lowest BCUT2D eigenvalue weighted by atomic mass is 9.90. The first-order valence-corrected chi connectivity index (χ1v) is 6.14. The van der Waals surface area contributed by atoms with Crippen LogP contribution in [0.1, 0.15) is 12.0 Å². The molecular formula is C13H17N3O. The van der Waals surface area contributed by atoms with Gasteiger partial charge in [-0.2, -0.15) is 0 Å². The van der Waals surface area contributed by atoms with Gasteiger partial charge in [0.15, 0.2) is 0 Å². The molecule has 0 aliphatic carbocycles. The van der Waals surface area contributed by atoms with E-state index in [2.05, 4.69) is 17.4 Å². The summed E-state index contributed by atoms with van der Waals surface area (Å²) in [6.07, 6.45) is 1.86. The summed E-state index contributed by atoms with van der Waals surface area (Å²) in [4.78, 5) is 14.0. The molecular weight excluding hydrogens is 214 g/mol. The average Bonchev–Trinajstić information content (AvgIpc) is 2.28. The molecule has 90 valence electrons. The maximum atomic E-state index is 12.1. The Kier molecular flexibility index (Phi) is 2.61. The van der Waals surface area contributed by atoms with Crippen LogP contribution in [0, 0.1) is 0 Å². The first-order valence-electron chi connectivity index (χ1n) is 6.14. The lowest BCUT2D eigenvalue weighted by Crippen LogP contribution is -2.70. The van der Waals surface area contributed by atoms with Crippen molar-refractivity contribution in [2.45, 2.75) is 24.9 Å². The molecule has 3 aliphatic heterocycles. The van der Waals surface area contributed by atoms with Crippen molar-refractivity contribution < 1.29 is 4.79 Å². The van der Waals surface area contributed by atoms with E-state index in [1.807, 2.05) is 17.0 Å². The van der Waals surface area contributed by atoms with Crippen LogP contribution in [0.3, 0.4) is 0 Å². The van der Waals surface area contributed by atoms with Crippen molar-refractivity contribution in [3.63, 3.8) is 0 Å². The molecule has 1 aromatic rings. The predicted molar refractivity (Wildman–Crippen MR) is 66.9 cm³/mol. The molecule has 2 atom stereocenters. The van der Waals surface area contributed by atoms with E-state index in [4.69, 9.17) is 5.73 Å². The van der Waals surface area contributed by atoms with Gasteiger partial charge in [0.05, 0.1) is 6.04 Å². The number of rotatable bonds is 3. The molecule has 0 radical (unpaired) electrons. The second kappa shape index (κ2) is 4.13. The fourth-order valence-electron chi connectivity index (χ4n) is 2.62. The summed E-state index contributed by atoms with van der Waals surface area (Å²) in [5.41, 5.74) is 7.77. The first-order chi connectivity index (χ1) is 8.28. The Morgan fingerprint density at radius 2 is 2.29 bits per heavy atom. The average molecular weight is 231 g/mol. The van der Waals surface area contributed by atoms with Crippen molar-refractivity contribution in [3.05, 3.63) is 29.8 Å². The second-order valence-electron chi connectivity index (χ2n) is 4.81. The molecule has 4 nitrogen and oxygen atoms in total. The van der Waals surface area contributed by atoms with Gasteiger partial charge in [-0.15, -0.1) is 0 Å². The zero-order valence-electron chi connectivity index (χ0n) is 9.73.